The predicted molar refractivity (Wildman–Crippen MR) is 95.7 cm³/mol. The zero-order chi connectivity index (χ0) is 17.1. The number of aryl methyl sites for hydroxylation is 2. The molecule has 3 rings (SSSR count). The van der Waals surface area contributed by atoms with Crippen molar-refractivity contribution in [2.75, 3.05) is 12.4 Å². The quantitative estimate of drug-likeness (QED) is 0.745. The van der Waals surface area contributed by atoms with Gasteiger partial charge in [-0.2, -0.15) is 5.10 Å². The van der Waals surface area contributed by atoms with Gasteiger partial charge < -0.3 is 10.1 Å². The minimum atomic E-state index is 0.708. The number of rotatable bonds is 6. The number of anilines is 1. The summed E-state index contributed by atoms with van der Waals surface area (Å²) in [5, 5.41) is 18.1. The summed E-state index contributed by atoms with van der Waals surface area (Å²) in [5.74, 6) is 0.859. The summed E-state index contributed by atoms with van der Waals surface area (Å²) in [4.78, 5) is 0. The van der Waals surface area contributed by atoms with Crippen LogP contribution in [0.25, 0.3) is 0 Å². The fraction of sp³-hybridized carbons (Fsp3) is 0.353. The second-order valence-electron chi connectivity index (χ2n) is 5.66. The molecule has 0 aliphatic heterocycles. The molecule has 1 aromatic carbocycles. The lowest BCUT2D eigenvalue weighted by atomic mass is 10.1. The Kier molecular flexibility index (Phi) is 4.80. The van der Waals surface area contributed by atoms with Gasteiger partial charge in [-0.15, -0.1) is 10.2 Å². The number of hydrogen-bond acceptors (Lipinski definition) is 6. The van der Waals surface area contributed by atoms with Gasteiger partial charge in [0.25, 0.3) is 0 Å². The Balaban J connectivity index is 1.65. The van der Waals surface area contributed by atoms with Crippen LogP contribution in [0, 0.1) is 13.8 Å². The standard InChI is InChI=1S/C17H21N5OS/c1-11-15(12(2)22(3)21-11)10-18-17-20-19-16(24-17)9-13-6-5-7-14(8-13)23-4/h5-8H,9-10H2,1-4H3,(H,18,20). The number of aromatic nitrogens is 4. The number of methoxy groups -OCH3 is 1. The Morgan fingerprint density at radius 2 is 2.08 bits per heavy atom. The summed E-state index contributed by atoms with van der Waals surface area (Å²) < 4.78 is 7.16. The highest BCUT2D eigenvalue weighted by molar-refractivity contribution is 7.15. The van der Waals surface area contributed by atoms with Gasteiger partial charge in [0.2, 0.25) is 5.13 Å². The summed E-state index contributed by atoms with van der Waals surface area (Å²) >= 11 is 1.58. The van der Waals surface area contributed by atoms with E-state index in [9.17, 15) is 0 Å². The van der Waals surface area contributed by atoms with Crippen LogP contribution in [0.1, 0.15) is 27.5 Å². The summed E-state index contributed by atoms with van der Waals surface area (Å²) in [6.45, 7) is 4.81. The van der Waals surface area contributed by atoms with E-state index < -0.39 is 0 Å². The Hall–Kier alpha value is -2.41. The molecule has 0 amide bonds. The average Bonchev–Trinajstić information content (AvgIpc) is 3.11. The Bertz CT molecular complexity index is 839. The second-order valence-corrected chi connectivity index (χ2v) is 6.72. The first-order valence-corrected chi connectivity index (χ1v) is 8.56. The van der Waals surface area contributed by atoms with Crippen molar-refractivity contribution in [3.05, 3.63) is 51.8 Å². The van der Waals surface area contributed by atoms with E-state index in [4.69, 9.17) is 4.74 Å². The minimum Gasteiger partial charge on any atom is -0.497 e. The molecule has 0 saturated carbocycles. The monoisotopic (exact) mass is 343 g/mol. The highest BCUT2D eigenvalue weighted by Gasteiger charge is 2.11. The van der Waals surface area contributed by atoms with Gasteiger partial charge in [-0.25, -0.2) is 0 Å². The van der Waals surface area contributed by atoms with Gasteiger partial charge in [-0.05, 0) is 31.5 Å². The molecule has 126 valence electrons. The first-order valence-electron chi connectivity index (χ1n) is 7.75. The van der Waals surface area contributed by atoms with E-state index in [1.807, 2.05) is 36.9 Å². The largest absolute Gasteiger partial charge is 0.497 e. The summed E-state index contributed by atoms with van der Waals surface area (Å²) in [6, 6.07) is 8.02. The van der Waals surface area contributed by atoms with Gasteiger partial charge in [0, 0.05) is 31.3 Å². The van der Waals surface area contributed by atoms with Gasteiger partial charge in [0.1, 0.15) is 10.8 Å². The first kappa shape index (κ1) is 16.4. The Morgan fingerprint density at radius 3 is 2.79 bits per heavy atom. The van der Waals surface area contributed by atoms with Gasteiger partial charge in [0.05, 0.1) is 12.8 Å². The van der Waals surface area contributed by atoms with Crippen molar-refractivity contribution in [3.8, 4) is 5.75 Å². The lowest BCUT2D eigenvalue weighted by molar-refractivity contribution is 0.414. The van der Waals surface area contributed by atoms with Crippen LogP contribution in [0.3, 0.4) is 0 Å². The minimum absolute atomic E-state index is 0.708. The van der Waals surface area contributed by atoms with E-state index in [1.165, 1.54) is 11.3 Å². The maximum Gasteiger partial charge on any atom is 0.205 e. The summed E-state index contributed by atoms with van der Waals surface area (Å²) in [6.07, 6.45) is 0.751. The molecule has 3 aromatic rings. The van der Waals surface area contributed by atoms with Crippen molar-refractivity contribution in [1.82, 2.24) is 20.0 Å². The van der Waals surface area contributed by atoms with Gasteiger partial charge in [0.15, 0.2) is 0 Å². The number of benzene rings is 1. The van der Waals surface area contributed by atoms with E-state index in [1.54, 1.807) is 18.4 Å². The third kappa shape index (κ3) is 3.56. The molecule has 0 bridgehead atoms. The maximum absolute atomic E-state index is 5.26. The molecule has 0 unspecified atom stereocenters. The molecule has 7 heteroatoms. The SMILES string of the molecule is COc1cccc(Cc2nnc(NCc3c(C)nn(C)c3C)s2)c1. The molecule has 2 heterocycles. The molecule has 2 aromatic heterocycles. The fourth-order valence-electron chi connectivity index (χ4n) is 2.59. The average molecular weight is 343 g/mol. The van der Waals surface area contributed by atoms with Crippen LogP contribution in [0.2, 0.25) is 0 Å². The van der Waals surface area contributed by atoms with E-state index >= 15 is 0 Å². The van der Waals surface area contributed by atoms with E-state index in [0.717, 1.165) is 33.6 Å². The maximum atomic E-state index is 5.26. The zero-order valence-corrected chi connectivity index (χ0v) is 15.1. The lowest BCUT2D eigenvalue weighted by Crippen LogP contribution is -2.02. The molecular formula is C17H21N5OS. The number of hydrogen-bond donors (Lipinski definition) is 1. The van der Waals surface area contributed by atoms with Gasteiger partial charge in [-0.3, -0.25) is 4.68 Å². The van der Waals surface area contributed by atoms with Crippen LogP contribution in [-0.2, 0) is 20.0 Å². The van der Waals surface area contributed by atoms with Crippen LogP contribution in [-0.4, -0.2) is 27.1 Å². The summed E-state index contributed by atoms with van der Waals surface area (Å²) in [7, 11) is 3.64. The van der Waals surface area contributed by atoms with Crippen LogP contribution < -0.4 is 10.1 Å². The van der Waals surface area contributed by atoms with Crippen molar-refractivity contribution in [1.29, 1.82) is 0 Å². The number of nitrogens with one attached hydrogen (secondary N) is 1. The van der Waals surface area contributed by atoms with Crippen LogP contribution >= 0.6 is 11.3 Å². The predicted octanol–water partition coefficient (Wildman–Crippen LogP) is 3.10. The highest BCUT2D eigenvalue weighted by atomic mass is 32.1. The molecule has 0 saturated heterocycles. The Morgan fingerprint density at radius 1 is 1.25 bits per heavy atom. The highest BCUT2D eigenvalue weighted by Crippen LogP contribution is 2.22. The van der Waals surface area contributed by atoms with Gasteiger partial charge in [-0.1, -0.05) is 23.5 Å². The molecule has 0 spiro atoms. The molecule has 0 atom stereocenters. The normalized spacial score (nSPS) is 10.8. The molecule has 0 aliphatic rings. The van der Waals surface area contributed by atoms with Crippen molar-refractivity contribution in [3.63, 3.8) is 0 Å². The third-order valence-corrected chi connectivity index (χ3v) is 4.91. The topological polar surface area (TPSA) is 64.9 Å². The van der Waals surface area contributed by atoms with Crippen LogP contribution in [0.5, 0.6) is 5.75 Å². The third-order valence-electron chi connectivity index (χ3n) is 4.03. The van der Waals surface area contributed by atoms with E-state index in [2.05, 4.69) is 33.6 Å². The fourth-order valence-corrected chi connectivity index (χ4v) is 3.36. The molecular weight excluding hydrogens is 322 g/mol. The smallest absolute Gasteiger partial charge is 0.205 e. The van der Waals surface area contributed by atoms with Crippen molar-refractivity contribution in [2.45, 2.75) is 26.8 Å². The van der Waals surface area contributed by atoms with Crippen molar-refractivity contribution >= 4 is 16.5 Å². The molecule has 24 heavy (non-hydrogen) atoms. The molecule has 0 radical (unpaired) electrons. The van der Waals surface area contributed by atoms with Crippen LogP contribution in [0.4, 0.5) is 5.13 Å². The van der Waals surface area contributed by atoms with Gasteiger partial charge >= 0.3 is 0 Å². The van der Waals surface area contributed by atoms with E-state index in [0.29, 0.717) is 6.54 Å². The van der Waals surface area contributed by atoms with Crippen molar-refractivity contribution in [2.24, 2.45) is 7.05 Å². The second kappa shape index (κ2) is 7.00. The number of nitrogens with zero attached hydrogens (tertiary/aromatic N) is 4. The first-order chi connectivity index (χ1) is 11.6. The molecule has 1 N–H and O–H groups in total. The van der Waals surface area contributed by atoms with Crippen LogP contribution in [0.15, 0.2) is 24.3 Å². The lowest BCUT2D eigenvalue weighted by Gasteiger charge is -2.03. The number of ether oxygens (including phenoxy) is 1. The molecule has 6 nitrogen and oxygen atoms in total. The Labute approximate surface area is 145 Å². The van der Waals surface area contributed by atoms with Crippen molar-refractivity contribution < 1.29 is 4.74 Å². The molecule has 0 aliphatic carbocycles. The zero-order valence-electron chi connectivity index (χ0n) is 14.3. The molecule has 0 fully saturated rings. The van der Waals surface area contributed by atoms with E-state index in [-0.39, 0.29) is 0 Å². The summed E-state index contributed by atoms with van der Waals surface area (Å²) in [5.41, 5.74) is 4.59.